The zero-order chi connectivity index (χ0) is 10.7. The van der Waals surface area contributed by atoms with Gasteiger partial charge in [-0.2, -0.15) is 0 Å². The van der Waals surface area contributed by atoms with Gasteiger partial charge in [-0.1, -0.05) is 0 Å². The van der Waals surface area contributed by atoms with E-state index in [0.717, 1.165) is 0 Å². The van der Waals surface area contributed by atoms with E-state index in [4.69, 9.17) is 10.2 Å². The van der Waals surface area contributed by atoms with Gasteiger partial charge in [-0.05, 0) is 6.92 Å². The molecule has 0 amide bonds. The smallest absolute Gasteiger partial charge is 0.317 e. The van der Waals surface area contributed by atoms with E-state index in [0.29, 0.717) is 6.54 Å². The van der Waals surface area contributed by atoms with Crippen LogP contribution >= 0.6 is 12.6 Å². The fourth-order valence-corrected chi connectivity index (χ4v) is 1.87. The third-order valence-corrected chi connectivity index (χ3v) is 2.60. The van der Waals surface area contributed by atoms with E-state index in [-0.39, 0.29) is 24.8 Å². The number of aliphatic hydroxyl groups is 1. The number of rotatable bonds is 4. The van der Waals surface area contributed by atoms with Gasteiger partial charge in [0.2, 0.25) is 0 Å². The van der Waals surface area contributed by atoms with Crippen molar-refractivity contribution in [3.8, 4) is 0 Å². The molecule has 14 heavy (non-hydrogen) atoms. The average Bonchev–Trinajstić information content (AvgIpc) is 2.33. The third-order valence-electron chi connectivity index (χ3n) is 2.19. The number of hydrogen-bond donors (Lipinski definition) is 4. The number of β-amino-alcohol motifs (C(OH)–C–C–N with tert-alkyl or cyclic N) is 1. The highest BCUT2D eigenvalue weighted by Crippen LogP contribution is 2.17. The average molecular weight is 221 g/mol. The molecule has 1 saturated heterocycles. The van der Waals surface area contributed by atoms with Crippen LogP contribution < -0.4 is 5.43 Å². The summed E-state index contributed by atoms with van der Waals surface area (Å²) < 4.78 is 0. The highest BCUT2D eigenvalue weighted by molar-refractivity contribution is 7.80. The van der Waals surface area contributed by atoms with Gasteiger partial charge in [0.1, 0.15) is 12.0 Å². The number of carboxylic acids is 1. The van der Waals surface area contributed by atoms with Gasteiger partial charge in [-0.25, -0.2) is 10.4 Å². The standard InChI is InChI=1S/C7H15N3O3S/c1-5-9(4-6(12)13)7(14)8-10(5)2-3-11/h5,7-8,11,14H,2-4H2,1H3,(H,12,13). The van der Waals surface area contributed by atoms with Crippen molar-refractivity contribution in [3.63, 3.8) is 0 Å². The SMILES string of the molecule is CC1N(CCO)NC(S)N1CC(=O)O. The molecule has 0 bridgehead atoms. The summed E-state index contributed by atoms with van der Waals surface area (Å²) in [6.45, 7) is 2.28. The number of carbonyl (C=O) groups is 1. The van der Waals surface area contributed by atoms with Crippen molar-refractivity contribution in [3.05, 3.63) is 0 Å². The summed E-state index contributed by atoms with van der Waals surface area (Å²) in [5, 5.41) is 19.2. The number of thiol groups is 1. The lowest BCUT2D eigenvalue weighted by atomic mass is 10.4. The van der Waals surface area contributed by atoms with Gasteiger partial charge >= 0.3 is 5.97 Å². The van der Waals surface area contributed by atoms with Crippen LogP contribution in [0.4, 0.5) is 0 Å². The molecule has 0 aromatic rings. The normalized spacial score (nSPS) is 29.6. The molecule has 1 fully saturated rings. The van der Waals surface area contributed by atoms with Gasteiger partial charge in [0.25, 0.3) is 0 Å². The minimum Gasteiger partial charge on any atom is -0.480 e. The van der Waals surface area contributed by atoms with Crippen molar-refractivity contribution in [1.82, 2.24) is 15.3 Å². The number of hydrazine groups is 1. The zero-order valence-electron chi connectivity index (χ0n) is 7.92. The maximum absolute atomic E-state index is 10.5. The van der Waals surface area contributed by atoms with Gasteiger partial charge in [-0.15, -0.1) is 12.6 Å². The Balaban J connectivity index is 2.55. The van der Waals surface area contributed by atoms with E-state index in [2.05, 4.69) is 18.1 Å². The van der Waals surface area contributed by atoms with Gasteiger partial charge in [-0.3, -0.25) is 9.69 Å². The summed E-state index contributed by atoms with van der Waals surface area (Å²) in [6, 6.07) is 0. The Bertz CT molecular complexity index is 216. The summed E-state index contributed by atoms with van der Waals surface area (Å²) in [5.41, 5.74) is 2.65. The molecule has 0 aromatic heterocycles. The molecule has 3 N–H and O–H groups in total. The minimum atomic E-state index is -0.886. The molecule has 2 unspecified atom stereocenters. The Morgan fingerprint density at radius 3 is 2.79 bits per heavy atom. The maximum Gasteiger partial charge on any atom is 0.317 e. The van der Waals surface area contributed by atoms with E-state index in [1.165, 1.54) is 0 Å². The van der Waals surface area contributed by atoms with Crippen LogP contribution in [0.15, 0.2) is 0 Å². The zero-order valence-corrected chi connectivity index (χ0v) is 8.81. The second kappa shape index (κ2) is 4.94. The van der Waals surface area contributed by atoms with Crippen molar-refractivity contribution >= 4 is 18.6 Å². The first-order chi connectivity index (χ1) is 6.56. The van der Waals surface area contributed by atoms with Gasteiger partial charge in [0.05, 0.1) is 12.8 Å². The molecule has 2 atom stereocenters. The molecule has 1 aliphatic heterocycles. The molecule has 1 aliphatic rings. The molecule has 6 nitrogen and oxygen atoms in total. The van der Waals surface area contributed by atoms with Crippen molar-refractivity contribution < 1.29 is 15.0 Å². The fraction of sp³-hybridized carbons (Fsp3) is 0.857. The van der Waals surface area contributed by atoms with Gasteiger partial charge in [0.15, 0.2) is 0 Å². The predicted molar refractivity (Wildman–Crippen MR) is 53.5 cm³/mol. The second-order valence-electron chi connectivity index (χ2n) is 3.12. The first-order valence-corrected chi connectivity index (χ1v) is 4.87. The quantitative estimate of drug-likeness (QED) is 0.444. The molecule has 1 rings (SSSR count). The fourth-order valence-electron chi connectivity index (χ4n) is 1.45. The minimum absolute atomic E-state index is 0.0265. The van der Waals surface area contributed by atoms with E-state index < -0.39 is 5.97 Å². The molecule has 0 aliphatic carbocycles. The van der Waals surface area contributed by atoms with Crippen LogP contribution in [0, 0.1) is 0 Å². The van der Waals surface area contributed by atoms with E-state index >= 15 is 0 Å². The lowest BCUT2D eigenvalue weighted by molar-refractivity contribution is -0.139. The van der Waals surface area contributed by atoms with Crippen LogP contribution in [0.2, 0.25) is 0 Å². The lowest BCUT2D eigenvalue weighted by Crippen LogP contribution is -2.41. The number of aliphatic hydroxyl groups excluding tert-OH is 1. The van der Waals surface area contributed by atoms with Crippen molar-refractivity contribution in [1.29, 1.82) is 0 Å². The summed E-state index contributed by atoms with van der Waals surface area (Å²) >= 11 is 4.20. The number of carboxylic acid groups (broad SMARTS) is 1. The van der Waals surface area contributed by atoms with E-state index in [1.54, 1.807) is 9.91 Å². The molecule has 7 heteroatoms. The highest BCUT2D eigenvalue weighted by Gasteiger charge is 2.34. The molecular weight excluding hydrogens is 206 g/mol. The first-order valence-electron chi connectivity index (χ1n) is 4.35. The van der Waals surface area contributed by atoms with Crippen LogP contribution in [0.5, 0.6) is 0 Å². The topological polar surface area (TPSA) is 76.0 Å². The van der Waals surface area contributed by atoms with E-state index in [9.17, 15) is 4.79 Å². The predicted octanol–water partition coefficient (Wildman–Crippen LogP) is -1.26. The summed E-state index contributed by atoms with van der Waals surface area (Å²) in [6.07, 6.45) is -0.0826. The first kappa shape index (κ1) is 11.7. The summed E-state index contributed by atoms with van der Waals surface area (Å²) in [4.78, 5) is 12.2. The van der Waals surface area contributed by atoms with Gasteiger partial charge in [0, 0.05) is 6.54 Å². The molecule has 0 spiro atoms. The number of aliphatic carboxylic acids is 1. The molecule has 0 radical (unpaired) electrons. The Kier molecular flexibility index (Phi) is 4.14. The highest BCUT2D eigenvalue weighted by atomic mass is 32.1. The second-order valence-corrected chi connectivity index (χ2v) is 3.61. The third kappa shape index (κ3) is 2.58. The van der Waals surface area contributed by atoms with Gasteiger partial charge < -0.3 is 10.2 Å². The van der Waals surface area contributed by atoms with Crippen LogP contribution in [0.3, 0.4) is 0 Å². The Morgan fingerprint density at radius 1 is 1.64 bits per heavy atom. The van der Waals surface area contributed by atoms with Crippen LogP contribution in [0.1, 0.15) is 6.92 Å². The number of nitrogens with one attached hydrogen (secondary N) is 1. The Morgan fingerprint density at radius 2 is 2.29 bits per heavy atom. The van der Waals surface area contributed by atoms with Crippen LogP contribution in [0.25, 0.3) is 0 Å². The molecule has 1 heterocycles. The number of hydrogen-bond acceptors (Lipinski definition) is 6. The summed E-state index contributed by atoms with van der Waals surface area (Å²) in [5.74, 6) is -0.886. The molecular formula is C7H15N3O3S. The van der Waals surface area contributed by atoms with Crippen molar-refractivity contribution in [2.24, 2.45) is 0 Å². The van der Waals surface area contributed by atoms with Crippen molar-refractivity contribution in [2.75, 3.05) is 19.7 Å². The lowest BCUT2D eigenvalue weighted by Gasteiger charge is -2.23. The monoisotopic (exact) mass is 221 g/mol. The van der Waals surface area contributed by atoms with Crippen LogP contribution in [-0.2, 0) is 4.79 Å². The van der Waals surface area contributed by atoms with Crippen LogP contribution in [-0.4, -0.2) is 57.5 Å². The molecule has 0 aromatic carbocycles. The largest absolute Gasteiger partial charge is 0.480 e. The van der Waals surface area contributed by atoms with E-state index in [1.807, 2.05) is 6.92 Å². The Labute approximate surface area is 87.9 Å². The summed E-state index contributed by atoms with van der Waals surface area (Å²) in [7, 11) is 0. The Hall–Kier alpha value is -0.340. The maximum atomic E-state index is 10.5. The molecule has 0 saturated carbocycles. The van der Waals surface area contributed by atoms with Crippen molar-refractivity contribution in [2.45, 2.75) is 18.6 Å². The molecule has 82 valence electrons. The number of nitrogens with zero attached hydrogens (tertiary/aromatic N) is 2.